The van der Waals surface area contributed by atoms with E-state index in [4.69, 9.17) is 16.3 Å². The molecule has 0 spiro atoms. The molecule has 0 fully saturated rings. The molecule has 0 saturated heterocycles. The van der Waals surface area contributed by atoms with E-state index < -0.39 is 0 Å². The van der Waals surface area contributed by atoms with Crippen LogP contribution in [-0.2, 0) is 6.54 Å². The summed E-state index contributed by atoms with van der Waals surface area (Å²) in [6.07, 6.45) is 1.67. The summed E-state index contributed by atoms with van der Waals surface area (Å²) in [6, 6.07) is 3.75. The third-order valence-corrected chi connectivity index (χ3v) is 2.65. The lowest BCUT2D eigenvalue weighted by Crippen LogP contribution is -2.15. The molecule has 0 aliphatic heterocycles. The molecule has 2 aromatic rings. The van der Waals surface area contributed by atoms with Gasteiger partial charge in [-0.2, -0.15) is 15.0 Å². The largest absolute Gasteiger partial charge is 0.481 e. The molecule has 106 valence electrons. The highest BCUT2D eigenvalue weighted by molar-refractivity contribution is 6.28. The minimum absolute atomic E-state index is 0.143. The summed E-state index contributed by atoms with van der Waals surface area (Å²) in [6.45, 7) is 0.476. The van der Waals surface area contributed by atoms with Crippen molar-refractivity contribution in [2.45, 2.75) is 6.54 Å². The number of pyridine rings is 1. The lowest BCUT2D eigenvalue weighted by Gasteiger charge is -2.12. The first-order valence-corrected chi connectivity index (χ1v) is 6.28. The van der Waals surface area contributed by atoms with Crippen molar-refractivity contribution in [2.24, 2.45) is 0 Å². The van der Waals surface area contributed by atoms with Crippen molar-refractivity contribution in [3.63, 3.8) is 0 Å². The molecule has 0 aliphatic rings. The minimum atomic E-state index is 0.143. The first-order valence-electron chi connectivity index (χ1n) is 5.91. The van der Waals surface area contributed by atoms with Crippen molar-refractivity contribution >= 4 is 23.5 Å². The zero-order chi connectivity index (χ0) is 14.5. The molecule has 0 radical (unpaired) electrons. The monoisotopic (exact) mass is 294 g/mol. The van der Waals surface area contributed by atoms with E-state index in [1.165, 1.54) is 0 Å². The summed E-state index contributed by atoms with van der Waals surface area (Å²) in [7, 11) is 5.24. The molecule has 0 atom stereocenters. The Balaban J connectivity index is 2.14. The number of hydrogen-bond acceptors (Lipinski definition) is 7. The topological polar surface area (TPSA) is 76.1 Å². The Hall–Kier alpha value is -2.15. The van der Waals surface area contributed by atoms with E-state index in [-0.39, 0.29) is 5.28 Å². The van der Waals surface area contributed by atoms with Crippen LogP contribution in [0.25, 0.3) is 0 Å². The zero-order valence-electron chi connectivity index (χ0n) is 11.5. The molecular formula is C12H15ClN6O. The highest BCUT2D eigenvalue weighted by Crippen LogP contribution is 2.16. The van der Waals surface area contributed by atoms with Crippen LogP contribution < -0.4 is 15.0 Å². The molecule has 8 heteroatoms. The van der Waals surface area contributed by atoms with Gasteiger partial charge in [0.05, 0.1) is 7.11 Å². The third-order valence-electron chi connectivity index (χ3n) is 2.48. The number of halogens is 1. The molecule has 0 aromatic carbocycles. The van der Waals surface area contributed by atoms with E-state index in [2.05, 4.69) is 25.3 Å². The fourth-order valence-corrected chi connectivity index (χ4v) is 1.69. The highest BCUT2D eigenvalue weighted by Gasteiger charge is 2.08. The molecule has 0 aliphatic carbocycles. The van der Waals surface area contributed by atoms with Crippen molar-refractivity contribution in [3.8, 4) is 5.88 Å². The van der Waals surface area contributed by atoms with Crippen molar-refractivity contribution in [3.05, 3.63) is 29.2 Å². The zero-order valence-corrected chi connectivity index (χ0v) is 12.2. The van der Waals surface area contributed by atoms with E-state index in [0.29, 0.717) is 24.3 Å². The van der Waals surface area contributed by atoms with Crippen LogP contribution in [0.1, 0.15) is 5.56 Å². The number of methoxy groups -OCH3 is 1. The molecular weight excluding hydrogens is 280 g/mol. The van der Waals surface area contributed by atoms with E-state index >= 15 is 0 Å². The third kappa shape index (κ3) is 3.45. The fraction of sp³-hybridized carbons (Fsp3) is 0.333. The number of nitrogens with one attached hydrogen (secondary N) is 1. The van der Waals surface area contributed by atoms with E-state index in [1.54, 1.807) is 18.2 Å². The number of rotatable bonds is 5. The van der Waals surface area contributed by atoms with Crippen LogP contribution in [-0.4, -0.2) is 41.1 Å². The minimum Gasteiger partial charge on any atom is -0.481 e. The molecule has 0 unspecified atom stereocenters. The predicted molar refractivity (Wildman–Crippen MR) is 77.3 cm³/mol. The average molecular weight is 295 g/mol. The number of hydrogen-bond donors (Lipinski definition) is 1. The summed E-state index contributed by atoms with van der Waals surface area (Å²) < 4.78 is 5.18. The Morgan fingerprint density at radius 3 is 2.80 bits per heavy atom. The van der Waals surface area contributed by atoms with E-state index in [1.807, 2.05) is 26.2 Å². The molecule has 7 nitrogen and oxygen atoms in total. The maximum Gasteiger partial charge on any atom is 0.230 e. The summed E-state index contributed by atoms with van der Waals surface area (Å²) in [5.74, 6) is 1.46. The van der Waals surface area contributed by atoms with Gasteiger partial charge >= 0.3 is 0 Å². The van der Waals surface area contributed by atoms with E-state index in [9.17, 15) is 0 Å². The van der Waals surface area contributed by atoms with Gasteiger partial charge in [-0.25, -0.2) is 4.98 Å². The van der Waals surface area contributed by atoms with Crippen LogP contribution in [0.4, 0.5) is 11.9 Å². The number of ether oxygens (including phenoxy) is 1. The van der Waals surface area contributed by atoms with Gasteiger partial charge in [0.2, 0.25) is 23.1 Å². The van der Waals surface area contributed by atoms with Gasteiger partial charge in [0.15, 0.2) is 0 Å². The van der Waals surface area contributed by atoms with Crippen molar-refractivity contribution in [1.82, 2.24) is 19.9 Å². The Labute approximate surface area is 122 Å². The van der Waals surface area contributed by atoms with Crippen LogP contribution in [0, 0.1) is 0 Å². The Morgan fingerprint density at radius 1 is 1.30 bits per heavy atom. The molecule has 1 N–H and O–H groups in total. The van der Waals surface area contributed by atoms with Gasteiger partial charge in [0.1, 0.15) is 0 Å². The Bertz CT molecular complexity index is 592. The number of anilines is 2. The van der Waals surface area contributed by atoms with Crippen LogP contribution in [0.3, 0.4) is 0 Å². The lowest BCUT2D eigenvalue weighted by molar-refractivity contribution is 0.393. The van der Waals surface area contributed by atoms with Crippen molar-refractivity contribution in [1.29, 1.82) is 0 Å². The summed E-state index contributed by atoms with van der Waals surface area (Å²) in [5.41, 5.74) is 0.901. The quantitative estimate of drug-likeness (QED) is 0.897. The maximum absolute atomic E-state index is 5.87. The fourth-order valence-electron chi connectivity index (χ4n) is 1.54. The maximum atomic E-state index is 5.87. The molecule has 0 amide bonds. The van der Waals surface area contributed by atoms with Crippen LogP contribution >= 0.6 is 11.6 Å². The van der Waals surface area contributed by atoms with Gasteiger partial charge in [-0.15, -0.1) is 0 Å². The SMILES string of the molecule is COc1ncccc1CNc1nc(Cl)nc(N(C)C)n1. The summed E-state index contributed by atoms with van der Waals surface area (Å²) in [4.78, 5) is 18.2. The second-order valence-corrected chi connectivity index (χ2v) is 4.49. The van der Waals surface area contributed by atoms with Gasteiger partial charge < -0.3 is 15.0 Å². The highest BCUT2D eigenvalue weighted by atomic mass is 35.5. The average Bonchev–Trinajstić information content (AvgIpc) is 2.44. The second kappa shape index (κ2) is 6.33. The standard InChI is InChI=1S/C12H15ClN6O/c1-19(2)12-17-10(13)16-11(18-12)15-7-8-5-4-6-14-9(8)20-3/h4-6H,7H2,1-3H3,(H,15,16,17,18). The van der Waals surface area contributed by atoms with Gasteiger partial charge in [0, 0.05) is 32.4 Å². The van der Waals surface area contributed by atoms with Crippen LogP contribution in [0.15, 0.2) is 18.3 Å². The first kappa shape index (κ1) is 14.3. The Kier molecular flexibility index (Phi) is 4.52. The van der Waals surface area contributed by atoms with Crippen molar-refractivity contribution < 1.29 is 4.74 Å². The molecule has 2 rings (SSSR count). The normalized spacial score (nSPS) is 10.2. The second-order valence-electron chi connectivity index (χ2n) is 4.15. The first-order chi connectivity index (χ1) is 9.60. The molecule has 0 bridgehead atoms. The predicted octanol–water partition coefficient (Wildman–Crippen LogP) is 1.61. The van der Waals surface area contributed by atoms with Gasteiger partial charge in [-0.3, -0.25) is 0 Å². The molecule has 20 heavy (non-hydrogen) atoms. The smallest absolute Gasteiger partial charge is 0.230 e. The lowest BCUT2D eigenvalue weighted by atomic mass is 10.3. The molecule has 0 saturated carbocycles. The Morgan fingerprint density at radius 2 is 2.10 bits per heavy atom. The van der Waals surface area contributed by atoms with Crippen molar-refractivity contribution in [2.75, 3.05) is 31.4 Å². The van der Waals surface area contributed by atoms with Crippen LogP contribution in [0.5, 0.6) is 5.88 Å². The van der Waals surface area contributed by atoms with Gasteiger partial charge in [-0.05, 0) is 17.7 Å². The molecule has 2 heterocycles. The molecule has 2 aromatic heterocycles. The van der Waals surface area contributed by atoms with E-state index in [0.717, 1.165) is 5.56 Å². The van der Waals surface area contributed by atoms with Gasteiger partial charge in [-0.1, -0.05) is 6.07 Å². The van der Waals surface area contributed by atoms with Gasteiger partial charge in [0.25, 0.3) is 0 Å². The van der Waals surface area contributed by atoms with Crippen LogP contribution in [0.2, 0.25) is 5.28 Å². The number of aromatic nitrogens is 4. The summed E-state index contributed by atoms with van der Waals surface area (Å²) in [5, 5.41) is 3.22. The summed E-state index contributed by atoms with van der Waals surface area (Å²) >= 11 is 5.87. The number of nitrogens with zero attached hydrogens (tertiary/aromatic N) is 5.